The average Bonchev–Trinajstić information content (AvgIpc) is 2.53. The molecule has 0 aromatic heterocycles. The first-order valence-corrected chi connectivity index (χ1v) is 6.22. The zero-order valence-electron chi connectivity index (χ0n) is 11.0. The predicted molar refractivity (Wildman–Crippen MR) is 69.1 cm³/mol. The van der Waals surface area contributed by atoms with Gasteiger partial charge >= 0.3 is 0 Å². The third-order valence-electron chi connectivity index (χ3n) is 3.37. The fourth-order valence-electron chi connectivity index (χ4n) is 2.28. The lowest BCUT2D eigenvalue weighted by atomic mass is 9.99. The Kier molecular flexibility index (Phi) is 3.50. The number of fused-ring (bicyclic) bond motifs is 1. The van der Waals surface area contributed by atoms with E-state index in [-0.39, 0.29) is 5.56 Å². The Bertz CT molecular complexity index is 947. The maximum Gasteiger partial charge on any atom is 0.198 e. The monoisotopic (exact) mass is 330 g/mol. The molecule has 0 unspecified atom stereocenters. The Labute approximate surface area is 124 Å². The summed E-state index contributed by atoms with van der Waals surface area (Å²) in [5.41, 5.74) is -0.786. The maximum atomic E-state index is 13.8. The van der Waals surface area contributed by atoms with Crippen LogP contribution in [0, 0.1) is 40.7 Å². The molecule has 7 heteroatoms. The molecule has 0 aliphatic rings. The van der Waals surface area contributed by atoms with Crippen LogP contribution in [0.1, 0.15) is 0 Å². The molecule has 118 valence electrons. The van der Waals surface area contributed by atoms with Gasteiger partial charge in [0.15, 0.2) is 34.9 Å². The number of hydrogen-bond acceptors (Lipinski definition) is 0. The summed E-state index contributed by atoms with van der Waals surface area (Å²) in [4.78, 5) is 0. The molecule has 23 heavy (non-hydrogen) atoms. The minimum absolute atomic E-state index is 0.224. The SMILES string of the molecule is Fc1cc(F)c(F)c(-c2ccc3c(F)c(F)c(F)c(F)c3c2)c1. The highest BCUT2D eigenvalue weighted by Gasteiger charge is 2.21. The normalized spacial score (nSPS) is 11.3. The molecule has 0 N–H and O–H groups in total. The van der Waals surface area contributed by atoms with Crippen LogP contribution in [0.2, 0.25) is 0 Å². The molecule has 0 bridgehead atoms. The molecule has 0 nitrogen and oxygen atoms in total. The summed E-state index contributed by atoms with van der Waals surface area (Å²) in [5, 5.41) is -1.26. The molecular formula is C16H5F7. The Hall–Kier alpha value is -2.57. The van der Waals surface area contributed by atoms with Gasteiger partial charge in [-0.25, -0.2) is 30.7 Å². The fraction of sp³-hybridized carbons (Fsp3) is 0. The predicted octanol–water partition coefficient (Wildman–Crippen LogP) is 5.48. The van der Waals surface area contributed by atoms with E-state index in [4.69, 9.17) is 0 Å². The van der Waals surface area contributed by atoms with Gasteiger partial charge in [0.1, 0.15) is 5.82 Å². The van der Waals surface area contributed by atoms with Gasteiger partial charge in [0.05, 0.1) is 0 Å². The van der Waals surface area contributed by atoms with Crippen molar-refractivity contribution >= 4 is 10.8 Å². The first kappa shape index (κ1) is 15.3. The summed E-state index contributed by atoms with van der Waals surface area (Å²) in [5.74, 6) is -11.3. The zero-order chi connectivity index (χ0) is 16.9. The van der Waals surface area contributed by atoms with Crippen molar-refractivity contribution in [3.05, 3.63) is 71.1 Å². The van der Waals surface area contributed by atoms with Crippen LogP contribution in [0.3, 0.4) is 0 Å². The van der Waals surface area contributed by atoms with Gasteiger partial charge in [-0.2, -0.15) is 0 Å². The maximum absolute atomic E-state index is 13.8. The topological polar surface area (TPSA) is 0 Å². The van der Waals surface area contributed by atoms with Crippen molar-refractivity contribution in [2.45, 2.75) is 0 Å². The highest BCUT2D eigenvalue weighted by Crippen LogP contribution is 2.32. The van der Waals surface area contributed by atoms with Gasteiger partial charge in [0, 0.05) is 22.4 Å². The molecule has 3 rings (SSSR count). The Morgan fingerprint density at radius 1 is 0.522 bits per heavy atom. The summed E-state index contributed by atoms with van der Waals surface area (Å²) in [6, 6.07) is 3.63. The molecule has 0 aliphatic heterocycles. The Morgan fingerprint density at radius 2 is 1.13 bits per heavy atom. The van der Waals surface area contributed by atoms with Crippen molar-refractivity contribution in [2.24, 2.45) is 0 Å². The van der Waals surface area contributed by atoms with E-state index in [9.17, 15) is 30.7 Å². The summed E-state index contributed by atoms with van der Waals surface area (Å²) in [6.45, 7) is 0. The van der Waals surface area contributed by atoms with E-state index in [1.807, 2.05) is 0 Å². The number of rotatable bonds is 1. The van der Waals surface area contributed by atoms with E-state index in [0.29, 0.717) is 12.1 Å². The smallest absolute Gasteiger partial charge is 0.198 e. The molecule has 0 radical (unpaired) electrons. The van der Waals surface area contributed by atoms with Crippen molar-refractivity contribution in [2.75, 3.05) is 0 Å². The molecule has 0 atom stereocenters. The number of benzene rings is 3. The average molecular weight is 330 g/mol. The van der Waals surface area contributed by atoms with Crippen LogP contribution in [0.5, 0.6) is 0 Å². The molecular weight excluding hydrogens is 325 g/mol. The van der Waals surface area contributed by atoms with E-state index in [1.165, 1.54) is 0 Å². The van der Waals surface area contributed by atoms with Crippen LogP contribution in [0.4, 0.5) is 30.7 Å². The van der Waals surface area contributed by atoms with Crippen molar-refractivity contribution in [1.82, 2.24) is 0 Å². The van der Waals surface area contributed by atoms with Crippen LogP contribution in [0.15, 0.2) is 30.3 Å². The second-order valence-electron chi connectivity index (χ2n) is 4.77. The van der Waals surface area contributed by atoms with Crippen LogP contribution in [-0.2, 0) is 0 Å². The Morgan fingerprint density at radius 3 is 1.78 bits per heavy atom. The van der Waals surface area contributed by atoms with Crippen molar-refractivity contribution in [3.8, 4) is 11.1 Å². The van der Waals surface area contributed by atoms with E-state index in [0.717, 1.165) is 18.2 Å². The van der Waals surface area contributed by atoms with E-state index in [2.05, 4.69) is 0 Å². The molecule has 3 aromatic rings. The highest BCUT2D eigenvalue weighted by atomic mass is 19.2. The molecule has 0 fully saturated rings. The summed E-state index contributed by atoms with van der Waals surface area (Å²) in [6.07, 6.45) is 0. The quantitative estimate of drug-likeness (QED) is 0.315. The lowest BCUT2D eigenvalue weighted by Crippen LogP contribution is -1.99. The molecule has 0 aliphatic carbocycles. The van der Waals surface area contributed by atoms with Crippen molar-refractivity contribution < 1.29 is 30.7 Å². The van der Waals surface area contributed by atoms with E-state index >= 15 is 0 Å². The standard InChI is InChI=1S/C16H5F7/c17-7-4-9(12(19)11(18)5-7)6-1-2-8-10(3-6)14(21)16(23)15(22)13(8)20/h1-5H. The van der Waals surface area contributed by atoms with Crippen LogP contribution in [0.25, 0.3) is 21.9 Å². The van der Waals surface area contributed by atoms with Crippen molar-refractivity contribution in [3.63, 3.8) is 0 Å². The van der Waals surface area contributed by atoms with Gasteiger partial charge in [-0.3, -0.25) is 0 Å². The first-order valence-electron chi connectivity index (χ1n) is 6.22. The van der Waals surface area contributed by atoms with Gasteiger partial charge < -0.3 is 0 Å². The fourth-order valence-corrected chi connectivity index (χ4v) is 2.28. The van der Waals surface area contributed by atoms with Gasteiger partial charge in [-0.15, -0.1) is 0 Å². The largest absolute Gasteiger partial charge is 0.207 e. The Balaban J connectivity index is 2.34. The summed E-state index contributed by atoms with van der Waals surface area (Å²) >= 11 is 0. The number of hydrogen-bond donors (Lipinski definition) is 0. The molecule has 0 amide bonds. The molecule has 0 heterocycles. The molecule has 0 saturated heterocycles. The minimum Gasteiger partial charge on any atom is -0.207 e. The lowest BCUT2D eigenvalue weighted by Gasteiger charge is -2.09. The van der Waals surface area contributed by atoms with Crippen LogP contribution < -0.4 is 0 Å². The minimum atomic E-state index is -2.03. The first-order chi connectivity index (χ1) is 10.8. The molecule has 0 saturated carbocycles. The third-order valence-corrected chi connectivity index (χ3v) is 3.37. The summed E-state index contributed by atoms with van der Waals surface area (Å²) in [7, 11) is 0. The summed E-state index contributed by atoms with van der Waals surface area (Å²) < 4.78 is 94.0. The zero-order valence-corrected chi connectivity index (χ0v) is 11.0. The third kappa shape index (κ3) is 2.32. The molecule has 3 aromatic carbocycles. The highest BCUT2D eigenvalue weighted by molar-refractivity contribution is 5.88. The number of halogens is 7. The van der Waals surface area contributed by atoms with E-state index < -0.39 is 57.1 Å². The van der Waals surface area contributed by atoms with Gasteiger partial charge in [0.25, 0.3) is 0 Å². The van der Waals surface area contributed by atoms with E-state index in [1.54, 1.807) is 0 Å². The van der Waals surface area contributed by atoms with Crippen LogP contribution in [-0.4, -0.2) is 0 Å². The molecule has 0 spiro atoms. The van der Waals surface area contributed by atoms with Gasteiger partial charge in [0.2, 0.25) is 0 Å². The second kappa shape index (κ2) is 5.26. The van der Waals surface area contributed by atoms with Crippen LogP contribution >= 0.6 is 0 Å². The lowest BCUT2D eigenvalue weighted by molar-refractivity contribution is 0.418. The van der Waals surface area contributed by atoms with Gasteiger partial charge in [-0.05, 0) is 17.7 Å². The van der Waals surface area contributed by atoms with Crippen molar-refractivity contribution in [1.29, 1.82) is 0 Å². The van der Waals surface area contributed by atoms with Gasteiger partial charge in [-0.1, -0.05) is 12.1 Å². The second-order valence-corrected chi connectivity index (χ2v) is 4.77.